The van der Waals surface area contributed by atoms with Gasteiger partial charge < -0.3 is 15.5 Å². The minimum Gasteiger partial charge on any atom is -0.463 e. The van der Waals surface area contributed by atoms with E-state index in [-0.39, 0.29) is 5.78 Å². The molecule has 21 heavy (non-hydrogen) atoms. The summed E-state index contributed by atoms with van der Waals surface area (Å²) in [6.45, 7) is 2.10. The topological polar surface area (TPSA) is 68.3 Å². The molecule has 3 rings (SSSR count). The number of anilines is 1. The lowest BCUT2D eigenvalue weighted by Gasteiger charge is -2.22. The number of benzene rings is 1. The number of carbonyl (C=O) groups excluding carboxylic acids is 1. The molecule has 0 bridgehead atoms. The van der Waals surface area contributed by atoms with Gasteiger partial charge in [-0.15, -0.1) is 0 Å². The minimum absolute atomic E-state index is 0.0791. The molecule has 5 heteroatoms. The molecule has 0 atom stereocenters. The van der Waals surface area contributed by atoms with E-state index in [2.05, 4.69) is 5.32 Å². The summed E-state index contributed by atoms with van der Waals surface area (Å²) < 4.78 is 5.43. The molecular formula is C16H19ClN2O2. The molecule has 0 unspecified atom stereocenters. The number of nitrogens with two attached hydrogens (primary N) is 1. The summed E-state index contributed by atoms with van der Waals surface area (Å²) in [6.07, 6.45) is 5.28. The minimum atomic E-state index is 0.0791. The largest absolute Gasteiger partial charge is 0.463 e. The van der Waals surface area contributed by atoms with Gasteiger partial charge in [-0.25, -0.2) is 0 Å². The number of hydrogen-bond donors (Lipinski definition) is 2. The number of fused-ring (bicyclic) bond motifs is 1. The molecule has 1 fully saturated rings. The third-order valence-corrected chi connectivity index (χ3v) is 4.58. The average Bonchev–Trinajstić information content (AvgIpc) is 2.99. The number of ketones is 1. The molecule has 1 saturated heterocycles. The molecule has 0 saturated carbocycles. The molecule has 0 radical (unpaired) electrons. The number of nitrogens with one attached hydrogen (secondary N) is 1. The predicted octanol–water partition coefficient (Wildman–Crippen LogP) is 3.63. The number of carbonyl (C=O) groups is 1. The van der Waals surface area contributed by atoms with Crippen molar-refractivity contribution in [2.45, 2.75) is 25.7 Å². The number of piperidine rings is 1. The monoisotopic (exact) mass is 306 g/mol. The highest BCUT2D eigenvalue weighted by Gasteiger charge is 2.19. The van der Waals surface area contributed by atoms with Crippen molar-refractivity contribution >= 4 is 34.0 Å². The van der Waals surface area contributed by atoms with E-state index in [1.54, 1.807) is 18.4 Å². The summed E-state index contributed by atoms with van der Waals surface area (Å²) in [5, 5.41) is 4.46. The van der Waals surface area contributed by atoms with Gasteiger partial charge in [0.25, 0.3) is 0 Å². The zero-order valence-corrected chi connectivity index (χ0v) is 12.6. The van der Waals surface area contributed by atoms with Crippen molar-refractivity contribution in [3.63, 3.8) is 0 Å². The van der Waals surface area contributed by atoms with Crippen molar-refractivity contribution in [1.82, 2.24) is 5.32 Å². The highest BCUT2D eigenvalue weighted by atomic mass is 35.5. The van der Waals surface area contributed by atoms with Crippen LogP contribution >= 0.6 is 11.6 Å². The maximum Gasteiger partial charge on any atom is 0.166 e. The maximum atomic E-state index is 12.5. The second-order valence-electron chi connectivity index (χ2n) is 5.64. The van der Waals surface area contributed by atoms with E-state index in [1.807, 2.05) is 0 Å². The number of rotatable bonds is 4. The zero-order chi connectivity index (χ0) is 14.8. The number of hydrogen-bond acceptors (Lipinski definition) is 4. The van der Waals surface area contributed by atoms with Crippen LogP contribution in [-0.2, 0) is 0 Å². The van der Waals surface area contributed by atoms with Crippen LogP contribution in [0, 0.1) is 5.92 Å². The fourth-order valence-corrected chi connectivity index (χ4v) is 3.19. The van der Waals surface area contributed by atoms with E-state index in [0.29, 0.717) is 39.6 Å². The first-order valence-corrected chi connectivity index (χ1v) is 7.73. The van der Waals surface area contributed by atoms with Crippen LogP contribution in [-0.4, -0.2) is 18.9 Å². The summed E-state index contributed by atoms with van der Waals surface area (Å²) in [4.78, 5) is 12.5. The van der Waals surface area contributed by atoms with Gasteiger partial charge in [-0.05, 0) is 50.4 Å². The van der Waals surface area contributed by atoms with Crippen LogP contribution in [0.15, 0.2) is 22.8 Å². The summed E-state index contributed by atoms with van der Waals surface area (Å²) in [5.74, 6) is 0.710. The van der Waals surface area contributed by atoms with Gasteiger partial charge in [0.2, 0.25) is 0 Å². The standard InChI is InChI=1S/C16H19ClN2O2/c17-13-9-12(16-11(15(13)18)5-8-21-16)14(20)2-1-10-3-6-19-7-4-10/h5,8-10,19H,1-4,6-7,18H2. The van der Waals surface area contributed by atoms with Crippen molar-refractivity contribution in [3.8, 4) is 0 Å². The number of furan rings is 1. The van der Waals surface area contributed by atoms with Crippen LogP contribution in [0.5, 0.6) is 0 Å². The Morgan fingerprint density at radius 3 is 2.95 bits per heavy atom. The molecule has 0 spiro atoms. The van der Waals surface area contributed by atoms with Crippen LogP contribution in [0.4, 0.5) is 5.69 Å². The molecular weight excluding hydrogens is 288 g/mol. The van der Waals surface area contributed by atoms with Crippen molar-refractivity contribution in [2.75, 3.05) is 18.8 Å². The quantitative estimate of drug-likeness (QED) is 0.668. The number of halogens is 1. The molecule has 112 valence electrons. The van der Waals surface area contributed by atoms with Gasteiger partial charge in [-0.2, -0.15) is 0 Å². The SMILES string of the molecule is Nc1c(Cl)cc(C(=O)CCC2CCNCC2)c2occc12. The lowest BCUT2D eigenvalue weighted by Crippen LogP contribution is -2.28. The second kappa shape index (κ2) is 6.08. The first-order chi connectivity index (χ1) is 10.2. The Morgan fingerprint density at radius 2 is 2.19 bits per heavy atom. The van der Waals surface area contributed by atoms with E-state index in [0.717, 1.165) is 32.4 Å². The smallest absolute Gasteiger partial charge is 0.166 e. The van der Waals surface area contributed by atoms with Gasteiger partial charge in [0.05, 0.1) is 22.5 Å². The normalized spacial score (nSPS) is 16.4. The summed E-state index contributed by atoms with van der Waals surface area (Å²) >= 11 is 6.12. The summed E-state index contributed by atoms with van der Waals surface area (Å²) in [6, 6.07) is 3.38. The molecule has 1 aliphatic heterocycles. The van der Waals surface area contributed by atoms with Gasteiger partial charge >= 0.3 is 0 Å². The Bertz CT molecular complexity index is 660. The van der Waals surface area contributed by atoms with E-state index in [1.165, 1.54) is 0 Å². The van der Waals surface area contributed by atoms with Crippen LogP contribution < -0.4 is 11.1 Å². The molecule has 3 N–H and O–H groups in total. The Kier molecular flexibility index (Phi) is 4.17. The van der Waals surface area contributed by atoms with Crippen molar-refractivity contribution in [2.24, 2.45) is 5.92 Å². The van der Waals surface area contributed by atoms with Crippen molar-refractivity contribution in [1.29, 1.82) is 0 Å². The van der Waals surface area contributed by atoms with Gasteiger partial charge in [-0.3, -0.25) is 4.79 Å². The van der Waals surface area contributed by atoms with E-state index in [4.69, 9.17) is 21.8 Å². The highest BCUT2D eigenvalue weighted by Crippen LogP contribution is 2.33. The maximum absolute atomic E-state index is 12.5. The van der Waals surface area contributed by atoms with Crippen LogP contribution in [0.1, 0.15) is 36.0 Å². The van der Waals surface area contributed by atoms with Gasteiger partial charge in [0.1, 0.15) is 5.58 Å². The first kappa shape index (κ1) is 14.4. The highest BCUT2D eigenvalue weighted by molar-refractivity contribution is 6.35. The third-order valence-electron chi connectivity index (χ3n) is 4.27. The molecule has 0 aliphatic carbocycles. The van der Waals surface area contributed by atoms with Gasteiger partial charge in [0, 0.05) is 11.8 Å². The van der Waals surface area contributed by atoms with Crippen LogP contribution in [0.2, 0.25) is 5.02 Å². The Hall–Kier alpha value is -1.52. The molecule has 0 amide bonds. The van der Waals surface area contributed by atoms with Crippen molar-refractivity contribution in [3.05, 3.63) is 29.0 Å². The molecule has 1 aromatic carbocycles. The Labute approximate surface area is 128 Å². The first-order valence-electron chi connectivity index (χ1n) is 7.36. The van der Waals surface area contributed by atoms with E-state index >= 15 is 0 Å². The Morgan fingerprint density at radius 1 is 1.43 bits per heavy atom. The second-order valence-corrected chi connectivity index (χ2v) is 6.05. The van der Waals surface area contributed by atoms with Gasteiger partial charge in [-0.1, -0.05) is 11.6 Å². The third kappa shape index (κ3) is 2.92. The summed E-state index contributed by atoms with van der Waals surface area (Å²) in [5.41, 5.74) is 7.47. The number of Topliss-reactive ketones (excluding diaryl/α,β-unsaturated/α-hetero) is 1. The molecule has 1 aromatic heterocycles. The average molecular weight is 307 g/mol. The molecule has 4 nitrogen and oxygen atoms in total. The summed E-state index contributed by atoms with van der Waals surface area (Å²) in [7, 11) is 0. The lowest BCUT2D eigenvalue weighted by molar-refractivity contribution is 0.0971. The lowest BCUT2D eigenvalue weighted by atomic mass is 9.91. The fourth-order valence-electron chi connectivity index (χ4n) is 2.98. The molecule has 1 aliphatic rings. The van der Waals surface area contributed by atoms with Crippen LogP contribution in [0.3, 0.4) is 0 Å². The van der Waals surface area contributed by atoms with Crippen LogP contribution in [0.25, 0.3) is 11.0 Å². The zero-order valence-electron chi connectivity index (χ0n) is 11.8. The van der Waals surface area contributed by atoms with Gasteiger partial charge in [0.15, 0.2) is 5.78 Å². The number of nitrogen functional groups attached to an aromatic ring is 1. The Balaban J connectivity index is 1.78. The van der Waals surface area contributed by atoms with E-state index < -0.39 is 0 Å². The van der Waals surface area contributed by atoms with E-state index in [9.17, 15) is 4.79 Å². The molecule has 2 heterocycles. The molecule has 2 aromatic rings. The fraction of sp³-hybridized carbons (Fsp3) is 0.438. The predicted molar refractivity (Wildman–Crippen MR) is 84.8 cm³/mol. The van der Waals surface area contributed by atoms with Crippen molar-refractivity contribution < 1.29 is 9.21 Å².